The Balaban J connectivity index is 1.85. The van der Waals surface area contributed by atoms with E-state index in [0.29, 0.717) is 22.9 Å². The van der Waals surface area contributed by atoms with Gasteiger partial charge in [-0.15, -0.1) is 0 Å². The Morgan fingerprint density at radius 1 is 1.24 bits per heavy atom. The van der Waals surface area contributed by atoms with E-state index in [4.69, 9.17) is 4.74 Å². The molecule has 1 N–H and O–H groups in total. The van der Waals surface area contributed by atoms with Crippen LogP contribution in [0.15, 0.2) is 36.4 Å². The fourth-order valence-corrected chi connectivity index (χ4v) is 2.78. The molecule has 8 heteroatoms. The quantitative estimate of drug-likeness (QED) is 0.456. The topological polar surface area (TPSA) is 98.5 Å². The standard InChI is InChI=1S/C17H18N2O5S/c1-3-11(2)12-4-6-13(7-5-12)18-15(20)10-24-17(21)14-8-9-16(25-14)19(22)23/h4-9,11H,3,10H2,1-2H3,(H,18,20)/t11-/m1/s1. The van der Waals surface area contributed by atoms with Crippen molar-refractivity contribution in [3.8, 4) is 0 Å². The van der Waals surface area contributed by atoms with Crippen molar-refractivity contribution >= 4 is 33.9 Å². The number of amides is 1. The van der Waals surface area contributed by atoms with Gasteiger partial charge < -0.3 is 10.1 Å². The highest BCUT2D eigenvalue weighted by atomic mass is 32.1. The summed E-state index contributed by atoms with van der Waals surface area (Å²) in [6.07, 6.45) is 1.03. The molecule has 2 aromatic rings. The zero-order valence-corrected chi connectivity index (χ0v) is 14.7. The molecule has 1 amide bonds. The van der Waals surface area contributed by atoms with Gasteiger partial charge >= 0.3 is 11.0 Å². The number of rotatable bonds is 7. The molecular formula is C17H18N2O5S. The molecule has 1 atom stereocenters. The number of thiophene rings is 1. The maximum Gasteiger partial charge on any atom is 0.349 e. The molecule has 0 saturated carbocycles. The van der Waals surface area contributed by atoms with E-state index < -0.39 is 23.4 Å². The number of benzene rings is 1. The first kappa shape index (κ1) is 18.6. The van der Waals surface area contributed by atoms with Gasteiger partial charge in [0.1, 0.15) is 4.88 Å². The first-order chi connectivity index (χ1) is 11.9. The predicted molar refractivity (Wildman–Crippen MR) is 95.0 cm³/mol. The molecule has 0 unspecified atom stereocenters. The van der Waals surface area contributed by atoms with Crippen LogP contribution in [0, 0.1) is 10.1 Å². The minimum absolute atomic E-state index is 0.0809. The third-order valence-corrected chi connectivity index (χ3v) is 4.70. The zero-order valence-electron chi connectivity index (χ0n) is 13.9. The smallest absolute Gasteiger partial charge is 0.349 e. The molecule has 25 heavy (non-hydrogen) atoms. The number of anilines is 1. The molecule has 1 aromatic heterocycles. The summed E-state index contributed by atoms with van der Waals surface area (Å²) in [7, 11) is 0. The molecular weight excluding hydrogens is 344 g/mol. The summed E-state index contributed by atoms with van der Waals surface area (Å²) in [4.78, 5) is 33.7. The number of nitrogens with zero attached hydrogens (tertiary/aromatic N) is 1. The Labute approximate surface area is 148 Å². The first-order valence-electron chi connectivity index (χ1n) is 7.72. The molecule has 0 aliphatic carbocycles. The summed E-state index contributed by atoms with van der Waals surface area (Å²) < 4.78 is 4.87. The van der Waals surface area contributed by atoms with Gasteiger partial charge in [0.15, 0.2) is 6.61 Å². The zero-order chi connectivity index (χ0) is 18.4. The van der Waals surface area contributed by atoms with E-state index in [2.05, 4.69) is 19.2 Å². The van der Waals surface area contributed by atoms with Crippen LogP contribution in [0.4, 0.5) is 10.7 Å². The van der Waals surface area contributed by atoms with Crippen LogP contribution in [0.3, 0.4) is 0 Å². The van der Waals surface area contributed by atoms with Crippen LogP contribution in [0.2, 0.25) is 0 Å². The molecule has 0 fully saturated rings. The van der Waals surface area contributed by atoms with Crippen LogP contribution in [0.25, 0.3) is 0 Å². The molecule has 7 nitrogen and oxygen atoms in total. The molecule has 0 spiro atoms. The first-order valence-corrected chi connectivity index (χ1v) is 8.53. The van der Waals surface area contributed by atoms with Gasteiger partial charge in [0.25, 0.3) is 5.91 Å². The lowest BCUT2D eigenvalue weighted by atomic mass is 9.99. The Bertz CT molecular complexity index is 770. The summed E-state index contributed by atoms with van der Waals surface area (Å²) in [5, 5.41) is 13.1. The normalized spacial score (nSPS) is 11.6. The molecule has 0 aliphatic heterocycles. The molecule has 0 bridgehead atoms. The third kappa shape index (κ3) is 5.12. The largest absolute Gasteiger partial charge is 0.451 e. The third-order valence-electron chi connectivity index (χ3n) is 3.68. The van der Waals surface area contributed by atoms with Crippen molar-refractivity contribution in [1.82, 2.24) is 0 Å². The van der Waals surface area contributed by atoms with Gasteiger partial charge in [0.05, 0.1) is 4.92 Å². The Hall–Kier alpha value is -2.74. The van der Waals surface area contributed by atoms with E-state index in [1.807, 2.05) is 12.1 Å². The van der Waals surface area contributed by atoms with E-state index >= 15 is 0 Å². The van der Waals surface area contributed by atoms with E-state index in [1.54, 1.807) is 12.1 Å². The second kappa shape index (κ2) is 8.39. The number of carbonyl (C=O) groups excluding carboxylic acids is 2. The van der Waals surface area contributed by atoms with Gasteiger partial charge in [-0.25, -0.2) is 4.79 Å². The SMILES string of the molecule is CC[C@@H](C)c1ccc(NC(=O)COC(=O)c2ccc([N+](=O)[O-])s2)cc1. The summed E-state index contributed by atoms with van der Waals surface area (Å²) in [5.41, 5.74) is 1.80. The average molecular weight is 362 g/mol. The number of nitro groups is 1. The van der Waals surface area contributed by atoms with Gasteiger partial charge in [-0.1, -0.05) is 37.3 Å². The number of ether oxygens (including phenoxy) is 1. The fraction of sp³-hybridized carbons (Fsp3) is 0.294. The second-order valence-corrected chi connectivity index (χ2v) is 6.51. The Kier molecular flexibility index (Phi) is 6.24. The Morgan fingerprint density at radius 2 is 1.92 bits per heavy atom. The minimum atomic E-state index is -0.764. The highest BCUT2D eigenvalue weighted by Crippen LogP contribution is 2.24. The van der Waals surface area contributed by atoms with Crippen molar-refractivity contribution in [2.24, 2.45) is 0 Å². The lowest BCUT2D eigenvalue weighted by Gasteiger charge is -2.10. The number of carbonyl (C=O) groups is 2. The van der Waals surface area contributed by atoms with Gasteiger partial charge in [-0.05, 0) is 36.1 Å². The van der Waals surface area contributed by atoms with Crippen LogP contribution in [-0.4, -0.2) is 23.4 Å². The number of nitrogens with one attached hydrogen (secondary N) is 1. The van der Waals surface area contributed by atoms with Gasteiger partial charge in [-0.2, -0.15) is 0 Å². The molecule has 0 radical (unpaired) electrons. The summed E-state index contributed by atoms with van der Waals surface area (Å²) in [6.45, 7) is 3.77. The number of hydrogen-bond donors (Lipinski definition) is 1. The van der Waals surface area contributed by atoms with Gasteiger partial charge in [0.2, 0.25) is 0 Å². The van der Waals surface area contributed by atoms with Crippen molar-refractivity contribution in [3.05, 3.63) is 57.0 Å². The summed E-state index contributed by atoms with van der Waals surface area (Å²) >= 11 is 0.706. The average Bonchev–Trinajstić information content (AvgIpc) is 3.10. The Morgan fingerprint density at radius 3 is 2.48 bits per heavy atom. The van der Waals surface area contributed by atoms with E-state index in [9.17, 15) is 19.7 Å². The number of esters is 1. The van der Waals surface area contributed by atoms with Gasteiger partial charge in [0, 0.05) is 11.8 Å². The maximum atomic E-state index is 11.8. The summed E-state index contributed by atoms with van der Waals surface area (Å²) in [6, 6.07) is 10.0. The van der Waals surface area contributed by atoms with Crippen LogP contribution in [-0.2, 0) is 9.53 Å². The molecule has 2 rings (SSSR count). The lowest BCUT2D eigenvalue weighted by Crippen LogP contribution is -2.20. The van der Waals surface area contributed by atoms with Crippen molar-refractivity contribution in [1.29, 1.82) is 0 Å². The molecule has 1 heterocycles. The van der Waals surface area contributed by atoms with E-state index in [0.717, 1.165) is 6.42 Å². The lowest BCUT2D eigenvalue weighted by molar-refractivity contribution is -0.380. The van der Waals surface area contributed by atoms with Crippen LogP contribution in [0.1, 0.15) is 41.4 Å². The van der Waals surface area contributed by atoms with E-state index in [-0.39, 0.29) is 9.88 Å². The second-order valence-electron chi connectivity index (χ2n) is 5.45. The van der Waals surface area contributed by atoms with Crippen molar-refractivity contribution in [3.63, 3.8) is 0 Å². The monoisotopic (exact) mass is 362 g/mol. The van der Waals surface area contributed by atoms with Crippen LogP contribution < -0.4 is 5.32 Å². The van der Waals surface area contributed by atoms with Crippen LogP contribution in [0.5, 0.6) is 0 Å². The predicted octanol–water partition coefficient (Wildman–Crippen LogP) is 3.97. The molecule has 132 valence electrons. The molecule has 1 aromatic carbocycles. The maximum absolute atomic E-state index is 11.8. The highest BCUT2D eigenvalue weighted by Gasteiger charge is 2.17. The summed E-state index contributed by atoms with van der Waals surface area (Å²) in [5.74, 6) is -0.795. The van der Waals surface area contributed by atoms with Crippen LogP contribution >= 0.6 is 11.3 Å². The number of hydrogen-bond acceptors (Lipinski definition) is 6. The highest BCUT2D eigenvalue weighted by molar-refractivity contribution is 7.17. The van der Waals surface area contributed by atoms with Crippen molar-refractivity contribution < 1.29 is 19.2 Å². The minimum Gasteiger partial charge on any atom is -0.451 e. The van der Waals surface area contributed by atoms with Crippen molar-refractivity contribution in [2.45, 2.75) is 26.2 Å². The fourth-order valence-electron chi connectivity index (χ4n) is 2.07. The van der Waals surface area contributed by atoms with Gasteiger partial charge in [-0.3, -0.25) is 14.9 Å². The molecule has 0 aliphatic rings. The van der Waals surface area contributed by atoms with E-state index in [1.165, 1.54) is 17.7 Å². The molecule has 0 saturated heterocycles. The van der Waals surface area contributed by atoms with Crippen molar-refractivity contribution in [2.75, 3.05) is 11.9 Å².